The zero-order chi connectivity index (χ0) is 14.8. The van der Waals surface area contributed by atoms with Gasteiger partial charge in [0, 0.05) is 5.92 Å². The topological polar surface area (TPSA) is 26.0 Å². The highest BCUT2D eigenvalue weighted by molar-refractivity contribution is 5.37. The lowest BCUT2D eigenvalue weighted by atomic mass is 9.76. The zero-order valence-corrected chi connectivity index (χ0v) is 11.1. The maximum atomic E-state index is 13.3. The summed E-state index contributed by atoms with van der Waals surface area (Å²) in [5.74, 6) is -0.940. The molecule has 0 saturated heterocycles. The summed E-state index contributed by atoms with van der Waals surface area (Å²) in [7, 11) is 0. The first kappa shape index (κ1) is 14.6. The van der Waals surface area contributed by atoms with Crippen LogP contribution < -0.4 is 5.73 Å². The Morgan fingerprint density at radius 1 is 0.800 bits per heavy atom. The van der Waals surface area contributed by atoms with Crippen LogP contribution in [-0.2, 0) is 0 Å². The molecule has 0 aliphatic carbocycles. The van der Waals surface area contributed by atoms with Crippen molar-refractivity contribution in [3.63, 3.8) is 0 Å². The van der Waals surface area contributed by atoms with E-state index in [0.29, 0.717) is 11.1 Å². The molecule has 1 nitrogen and oxygen atoms in total. The molecular formula is C16H16F3N. The molecule has 2 aromatic rings. The molecule has 1 unspecified atom stereocenters. The predicted octanol–water partition coefficient (Wildman–Crippen LogP) is 4.10. The van der Waals surface area contributed by atoms with Crippen LogP contribution in [0.4, 0.5) is 13.2 Å². The first-order chi connectivity index (χ1) is 9.34. The van der Waals surface area contributed by atoms with E-state index in [1.165, 1.54) is 0 Å². The van der Waals surface area contributed by atoms with Crippen LogP contribution in [0.15, 0.2) is 60.7 Å². The molecule has 0 radical (unpaired) electrons. The number of nitrogens with two attached hydrogens (primary N) is 1. The van der Waals surface area contributed by atoms with Gasteiger partial charge in [-0.2, -0.15) is 13.2 Å². The van der Waals surface area contributed by atoms with Crippen LogP contribution in [0.3, 0.4) is 0 Å². The van der Waals surface area contributed by atoms with Crippen LogP contribution >= 0.6 is 0 Å². The molecule has 0 bridgehead atoms. The van der Waals surface area contributed by atoms with Gasteiger partial charge in [-0.1, -0.05) is 60.7 Å². The van der Waals surface area contributed by atoms with Gasteiger partial charge in [0.05, 0.1) is 0 Å². The normalized spacial score (nSPS) is 15.1. The van der Waals surface area contributed by atoms with Crippen LogP contribution in [0.25, 0.3) is 0 Å². The Balaban J connectivity index is 2.57. The number of halogens is 3. The van der Waals surface area contributed by atoms with Gasteiger partial charge in [-0.25, -0.2) is 0 Å². The SMILES string of the molecule is CC(N)(C(c1ccccc1)c1ccccc1)C(F)(F)F. The van der Waals surface area contributed by atoms with E-state index in [0.717, 1.165) is 6.92 Å². The Labute approximate surface area is 116 Å². The van der Waals surface area contributed by atoms with Crippen molar-refractivity contribution in [1.82, 2.24) is 0 Å². The van der Waals surface area contributed by atoms with E-state index in [2.05, 4.69) is 0 Å². The lowest BCUT2D eigenvalue weighted by Crippen LogP contribution is -2.55. The fourth-order valence-corrected chi connectivity index (χ4v) is 2.34. The Hall–Kier alpha value is -1.81. The molecule has 0 heterocycles. The lowest BCUT2D eigenvalue weighted by molar-refractivity contribution is -0.184. The fraction of sp³-hybridized carbons (Fsp3) is 0.250. The number of hydrogen-bond donors (Lipinski definition) is 1. The highest BCUT2D eigenvalue weighted by Gasteiger charge is 2.53. The van der Waals surface area contributed by atoms with E-state index >= 15 is 0 Å². The molecule has 20 heavy (non-hydrogen) atoms. The van der Waals surface area contributed by atoms with Crippen LogP contribution in [0, 0.1) is 0 Å². The number of rotatable bonds is 3. The van der Waals surface area contributed by atoms with Crippen molar-refractivity contribution in [3.05, 3.63) is 71.8 Å². The van der Waals surface area contributed by atoms with Crippen molar-refractivity contribution in [2.75, 3.05) is 0 Å². The number of benzene rings is 2. The molecule has 0 amide bonds. The van der Waals surface area contributed by atoms with E-state index in [-0.39, 0.29) is 0 Å². The molecule has 2 aromatic carbocycles. The Kier molecular flexibility index (Phi) is 3.86. The zero-order valence-electron chi connectivity index (χ0n) is 11.1. The van der Waals surface area contributed by atoms with Gasteiger partial charge < -0.3 is 5.73 Å². The third-order valence-electron chi connectivity index (χ3n) is 3.48. The van der Waals surface area contributed by atoms with Crippen LogP contribution in [0.1, 0.15) is 24.0 Å². The summed E-state index contributed by atoms with van der Waals surface area (Å²) in [6.07, 6.45) is -4.50. The monoisotopic (exact) mass is 279 g/mol. The molecule has 0 aromatic heterocycles. The summed E-state index contributed by atoms with van der Waals surface area (Å²) in [6, 6.07) is 17.1. The van der Waals surface area contributed by atoms with Crippen molar-refractivity contribution in [1.29, 1.82) is 0 Å². The van der Waals surface area contributed by atoms with Crippen molar-refractivity contribution >= 4 is 0 Å². The van der Waals surface area contributed by atoms with Crippen molar-refractivity contribution in [2.45, 2.75) is 24.6 Å². The summed E-state index contributed by atoms with van der Waals surface area (Å²) in [5.41, 5.74) is 4.45. The number of alkyl halides is 3. The molecule has 2 rings (SSSR count). The largest absolute Gasteiger partial charge is 0.407 e. The van der Waals surface area contributed by atoms with E-state index in [9.17, 15) is 13.2 Å². The van der Waals surface area contributed by atoms with Gasteiger partial charge in [-0.15, -0.1) is 0 Å². The Bertz CT molecular complexity index is 507. The van der Waals surface area contributed by atoms with Crippen LogP contribution in [0.5, 0.6) is 0 Å². The minimum atomic E-state index is -4.50. The fourth-order valence-electron chi connectivity index (χ4n) is 2.34. The maximum absolute atomic E-state index is 13.3. The molecule has 2 N–H and O–H groups in total. The van der Waals surface area contributed by atoms with Crippen LogP contribution in [-0.4, -0.2) is 11.7 Å². The molecule has 0 fully saturated rings. The van der Waals surface area contributed by atoms with Gasteiger partial charge in [-0.3, -0.25) is 0 Å². The first-order valence-corrected chi connectivity index (χ1v) is 6.29. The first-order valence-electron chi connectivity index (χ1n) is 6.29. The van der Waals surface area contributed by atoms with E-state index in [1.54, 1.807) is 60.7 Å². The molecule has 106 valence electrons. The Morgan fingerprint density at radius 2 is 1.15 bits per heavy atom. The quantitative estimate of drug-likeness (QED) is 0.899. The molecule has 0 aliphatic heterocycles. The smallest absolute Gasteiger partial charge is 0.317 e. The summed E-state index contributed by atoms with van der Waals surface area (Å²) in [4.78, 5) is 0. The van der Waals surface area contributed by atoms with Gasteiger partial charge in [0.1, 0.15) is 5.54 Å². The summed E-state index contributed by atoms with van der Waals surface area (Å²) in [5, 5.41) is 0. The standard InChI is InChI=1S/C16H16F3N/c1-15(20,16(17,18)19)14(12-8-4-2-5-9-12)13-10-6-3-7-11-13/h2-11,14H,20H2,1H3. The lowest BCUT2D eigenvalue weighted by Gasteiger charge is -2.36. The average molecular weight is 279 g/mol. The maximum Gasteiger partial charge on any atom is 0.407 e. The third kappa shape index (κ3) is 2.70. The van der Waals surface area contributed by atoms with Gasteiger partial charge in [0.2, 0.25) is 0 Å². The van der Waals surface area contributed by atoms with Crippen molar-refractivity contribution in [3.8, 4) is 0 Å². The molecule has 0 saturated carbocycles. The third-order valence-corrected chi connectivity index (χ3v) is 3.48. The minimum absolute atomic E-state index is 0.557. The van der Waals surface area contributed by atoms with Gasteiger partial charge in [-0.05, 0) is 18.1 Å². The summed E-state index contributed by atoms with van der Waals surface area (Å²) >= 11 is 0. The second kappa shape index (κ2) is 5.29. The molecule has 0 aliphatic rings. The van der Waals surface area contributed by atoms with E-state index < -0.39 is 17.6 Å². The summed E-state index contributed by atoms with van der Waals surface area (Å²) in [6.45, 7) is 1.04. The summed E-state index contributed by atoms with van der Waals surface area (Å²) < 4.78 is 40.0. The van der Waals surface area contributed by atoms with Crippen LogP contribution in [0.2, 0.25) is 0 Å². The van der Waals surface area contributed by atoms with E-state index in [1.807, 2.05) is 0 Å². The molecule has 0 spiro atoms. The van der Waals surface area contributed by atoms with Crippen molar-refractivity contribution in [2.24, 2.45) is 5.73 Å². The van der Waals surface area contributed by atoms with Gasteiger partial charge >= 0.3 is 6.18 Å². The van der Waals surface area contributed by atoms with Crippen molar-refractivity contribution < 1.29 is 13.2 Å². The van der Waals surface area contributed by atoms with E-state index in [4.69, 9.17) is 5.73 Å². The predicted molar refractivity (Wildman–Crippen MR) is 73.4 cm³/mol. The molecule has 4 heteroatoms. The highest BCUT2D eigenvalue weighted by Crippen LogP contribution is 2.42. The molecular weight excluding hydrogens is 263 g/mol. The second-order valence-electron chi connectivity index (χ2n) is 5.03. The Morgan fingerprint density at radius 3 is 1.45 bits per heavy atom. The number of hydrogen-bond acceptors (Lipinski definition) is 1. The minimum Gasteiger partial charge on any atom is -0.317 e. The highest BCUT2D eigenvalue weighted by atomic mass is 19.4. The van der Waals surface area contributed by atoms with Gasteiger partial charge in [0.25, 0.3) is 0 Å². The average Bonchev–Trinajstić information content (AvgIpc) is 2.40. The second-order valence-corrected chi connectivity index (χ2v) is 5.03. The molecule has 1 atom stereocenters. The van der Waals surface area contributed by atoms with Gasteiger partial charge in [0.15, 0.2) is 0 Å².